The fourth-order valence-corrected chi connectivity index (χ4v) is 4.81. The molecule has 0 saturated carbocycles. The number of hydrogen-bond donors (Lipinski definition) is 2. The van der Waals surface area contributed by atoms with E-state index in [9.17, 15) is 14.4 Å². The van der Waals surface area contributed by atoms with Crippen molar-refractivity contribution in [1.29, 1.82) is 0 Å². The highest BCUT2D eigenvalue weighted by Crippen LogP contribution is 2.33. The molecule has 0 unspecified atom stereocenters. The van der Waals surface area contributed by atoms with E-state index in [0.29, 0.717) is 23.6 Å². The highest BCUT2D eigenvalue weighted by atomic mass is 16.5. The third-order valence-electron chi connectivity index (χ3n) is 7.11. The van der Waals surface area contributed by atoms with Crippen LogP contribution in [0.3, 0.4) is 0 Å². The van der Waals surface area contributed by atoms with Gasteiger partial charge in [0.25, 0.3) is 5.91 Å². The van der Waals surface area contributed by atoms with E-state index in [0.717, 1.165) is 33.5 Å². The molecule has 0 fully saturated rings. The summed E-state index contributed by atoms with van der Waals surface area (Å²) < 4.78 is 10.9. The van der Waals surface area contributed by atoms with E-state index < -0.39 is 5.97 Å². The van der Waals surface area contributed by atoms with Gasteiger partial charge >= 0.3 is 5.97 Å². The van der Waals surface area contributed by atoms with Gasteiger partial charge in [-0.25, -0.2) is 4.79 Å². The first-order valence-corrected chi connectivity index (χ1v) is 14.0. The number of rotatable bonds is 9. The number of allylic oxidation sites excluding steroid dienone is 1. The highest BCUT2D eigenvalue weighted by molar-refractivity contribution is 5.99. The number of amides is 2. The van der Waals surface area contributed by atoms with Crippen LogP contribution in [0.25, 0.3) is 11.6 Å². The Morgan fingerprint density at radius 3 is 2.33 bits per heavy atom. The van der Waals surface area contributed by atoms with E-state index in [4.69, 9.17) is 14.6 Å². The fraction of sp³-hybridized carbons (Fsp3) is 0.171. The Balaban J connectivity index is 1.12. The molecular weight excluding hydrogens is 544 g/mol. The second-order valence-corrected chi connectivity index (χ2v) is 10.1. The minimum absolute atomic E-state index is 0.0906. The molecule has 2 amide bonds. The lowest BCUT2D eigenvalue weighted by Gasteiger charge is -2.28. The van der Waals surface area contributed by atoms with Crippen LogP contribution < -0.4 is 19.7 Å². The molecule has 0 saturated heterocycles. The quantitative estimate of drug-likeness (QED) is 0.205. The largest absolute Gasteiger partial charge is 0.484 e. The fourth-order valence-electron chi connectivity index (χ4n) is 4.81. The smallest absolute Gasteiger partial charge is 0.343 e. The summed E-state index contributed by atoms with van der Waals surface area (Å²) in [7, 11) is 0. The summed E-state index contributed by atoms with van der Waals surface area (Å²) >= 11 is 0. The van der Waals surface area contributed by atoms with Gasteiger partial charge in [0.2, 0.25) is 5.91 Å². The number of fused-ring (bicyclic) bond motifs is 2. The molecule has 0 radical (unpaired) electrons. The summed E-state index contributed by atoms with van der Waals surface area (Å²) in [6, 6.07) is 28.7. The van der Waals surface area contributed by atoms with E-state index in [1.807, 2.05) is 55.5 Å². The molecule has 218 valence electrons. The van der Waals surface area contributed by atoms with E-state index in [1.54, 1.807) is 53.4 Å². The zero-order valence-corrected chi connectivity index (χ0v) is 23.8. The normalized spacial score (nSPS) is 13.3. The number of carbonyl (C=O) groups is 3. The number of nitrogens with one attached hydrogen (secondary N) is 1. The highest BCUT2D eigenvalue weighted by Gasteiger charge is 2.22. The van der Waals surface area contributed by atoms with Crippen molar-refractivity contribution in [3.63, 3.8) is 0 Å². The van der Waals surface area contributed by atoms with Crippen molar-refractivity contribution in [3.8, 4) is 11.5 Å². The number of nitrogens with zero attached hydrogens (tertiary/aromatic N) is 1. The lowest BCUT2D eigenvalue weighted by molar-refractivity contribution is -0.123. The van der Waals surface area contributed by atoms with Gasteiger partial charge in [0.1, 0.15) is 11.5 Å². The maximum Gasteiger partial charge on any atom is 0.343 e. The monoisotopic (exact) mass is 576 g/mol. The molecule has 0 aromatic heterocycles. The Hall–Kier alpha value is -5.21. The molecule has 5 rings (SSSR count). The van der Waals surface area contributed by atoms with E-state index in [-0.39, 0.29) is 38.0 Å². The zero-order valence-electron chi connectivity index (χ0n) is 23.8. The summed E-state index contributed by atoms with van der Waals surface area (Å²) in [6.45, 7) is 2.32. The Morgan fingerprint density at radius 1 is 0.860 bits per heavy atom. The van der Waals surface area contributed by atoms with Crippen LogP contribution in [0.15, 0.2) is 97.1 Å². The van der Waals surface area contributed by atoms with Gasteiger partial charge < -0.3 is 24.8 Å². The summed E-state index contributed by atoms with van der Waals surface area (Å²) in [6.07, 6.45) is 2.28. The maximum atomic E-state index is 13.4. The van der Waals surface area contributed by atoms with Crippen molar-refractivity contribution in [3.05, 3.63) is 125 Å². The molecule has 0 spiro atoms. The van der Waals surface area contributed by atoms with Gasteiger partial charge in [0.15, 0.2) is 6.61 Å². The van der Waals surface area contributed by atoms with Crippen molar-refractivity contribution in [2.75, 3.05) is 18.1 Å². The molecule has 8 heteroatoms. The van der Waals surface area contributed by atoms with Crippen LogP contribution in [0.4, 0.5) is 5.69 Å². The number of anilines is 1. The Kier molecular flexibility index (Phi) is 9.29. The van der Waals surface area contributed by atoms with Gasteiger partial charge in [0, 0.05) is 18.5 Å². The summed E-state index contributed by atoms with van der Waals surface area (Å²) in [4.78, 5) is 40.0. The van der Waals surface area contributed by atoms with E-state index >= 15 is 0 Å². The van der Waals surface area contributed by atoms with Crippen LogP contribution in [0.2, 0.25) is 0 Å². The van der Waals surface area contributed by atoms with Crippen LogP contribution in [-0.2, 0) is 22.7 Å². The lowest BCUT2D eigenvalue weighted by atomic mass is 9.96. The van der Waals surface area contributed by atoms with Gasteiger partial charge in [-0.1, -0.05) is 60.7 Å². The van der Waals surface area contributed by atoms with Crippen LogP contribution in [0, 0.1) is 0 Å². The van der Waals surface area contributed by atoms with Crippen molar-refractivity contribution in [1.82, 2.24) is 5.32 Å². The average molecular weight is 577 g/mol. The number of benzene rings is 4. The summed E-state index contributed by atoms with van der Waals surface area (Å²) in [5.41, 5.74) is 6.09. The molecule has 0 atom stereocenters. The third kappa shape index (κ3) is 7.36. The topological polar surface area (TPSA) is 105 Å². The minimum Gasteiger partial charge on any atom is -0.484 e. The van der Waals surface area contributed by atoms with Crippen LogP contribution in [0.1, 0.15) is 46.0 Å². The molecule has 1 aliphatic heterocycles. The van der Waals surface area contributed by atoms with Gasteiger partial charge in [-0.2, -0.15) is 0 Å². The first-order valence-electron chi connectivity index (χ1n) is 14.0. The molecule has 1 heterocycles. The minimum atomic E-state index is -0.539. The number of aliphatic hydroxyl groups is 1. The lowest BCUT2D eigenvalue weighted by Crippen LogP contribution is -2.36. The Bertz CT molecular complexity index is 1640. The Morgan fingerprint density at radius 2 is 1.56 bits per heavy atom. The second kappa shape index (κ2) is 13.6. The molecular formula is C35H32N2O6. The van der Waals surface area contributed by atoms with E-state index in [1.165, 1.54) is 0 Å². The summed E-state index contributed by atoms with van der Waals surface area (Å²) in [5.74, 6) is -0.216. The predicted molar refractivity (Wildman–Crippen MR) is 165 cm³/mol. The van der Waals surface area contributed by atoms with Gasteiger partial charge in [-0.3, -0.25) is 9.59 Å². The maximum absolute atomic E-state index is 13.4. The molecule has 0 bridgehead atoms. The van der Waals surface area contributed by atoms with Crippen molar-refractivity contribution >= 4 is 35.1 Å². The SMILES string of the molecule is C/C1=C/c2ccccc2CN(C(=O)CCNC(=O)COc2ccc(C(=O)Oc3ccc(CO)cc3)cc2)c2ccccc21. The van der Waals surface area contributed by atoms with Crippen molar-refractivity contribution < 1.29 is 29.0 Å². The Labute approximate surface area is 250 Å². The third-order valence-corrected chi connectivity index (χ3v) is 7.11. The van der Waals surface area contributed by atoms with Gasteiger partial charge in [-0.15, -0.1) is 0 Å². The first kappa shape index (κ1) is 29.3. The van der Waals surface area contributed by atoms with Crippen LogP contribution in [-0.4, -0.2) is 36.0 Å². The molecule has 4 aromatic carbocycles. The number of esters is 1. The predicted octanol–water partition coefficient (Wildman–Crippen LogP) is 5.39. The second-order valence-electron chi connectivity index (χ2n) is 10.1. The average Bonchev–Trinajstić information content (AvgIpc) is 3.03. The van der Waals surface area contributed by atoms with Crippen molar-refractivity contribution in [2.45, 2.75) is 26.5 Å². The van der Waals surface area contributed by atoms with Crippen LogP contribution in [0.5, 0.6) is 11.5 Å². The molecule has 8 nitrogen and oxygen atoms in total. The van der Waals surface area contributed by atoms with Gasteiger partial charge in [0.05, 0.1) is 24.4 Å². The molecule has 4 aromatic rings. The molecule has 0 aliphatic carbocycles. The molecule has 43 heavy (non-hydrogen) atoms. The molecule has 2 N–H and O–H groups in total. The zero-order chi connectivity index (χ0) is 30.2. The number of carbonyl (C=O) groups excluding carboxylic acids is 3. The number of aliphatic hydroxyl groups excluding tert-OH is 1. The standard InChI is InChI=1S/C35H32N2O6/c1-24-20-27-6-2-3-7-28(27)21-37(32-9-5-4-8-31(24)32)34(40)18-19-36-33(39)23-42-29-16-12-26(13-17-29)35(41)43-30-14-10-25(22-38)11-15-30/h2-17,20,38H,18-19,21-23H2,1H3,(H,36,39)/b24-20-. The number of hydrogen-bond acceptors (Lipinski definition) is 6. The first-order chi connectivity index (χ1) is 20.9. The number of ether oxygens (including phenoxy) is 2. The number of para-hydroxylation sites is 1. The molecule has 1 aliphatic rings. The van der Waals surface area contributed by atoms with E-state index in [2.05, 4.69) is 11.4 Å². The summed E-state index contributed by atoms with van der Waals surface area (Å²) in [5, 5.41) is 11.9. The van der Waals surface area contributed by atoms with Gasteiger partial charge in [-0.05, 0) is 71.7 Å². The van der Waals surface area contributed by atoms with Crippen molar-refractivity contribution in [2.24, 2.45) is 0 Å². The van der Waals surface area contributed by atoms with Crippen LogP contribution >= 0.6 is 0 Å².